The highest BCUT2D eigenvalue weighted by molar-refractivity contribution is 5.95. The normalized spacial score (nSPS) is 9.94. The zero-order chi connectivity index (χ0) is 12.0. The summed E-state index contributed by atoms with van der Waals surface area (Å²) in [5.74, 6) is -0.00815. The van der Waals surface area contributed by atoms with Gasteiger partial charge in [0.15, 0.2) is 0 Å². The fraction of sp³-hybridized carbons (Fsp3) is 0.500. The second-order valence-corrected chi connectivity index (χ2v) is 3.88. The Bertz CT molecular complexity index is 334. The summed E-state index contributed by atoms with van der Waals surface area (Å²) in [5.41, 5.74) is 6.02. The largest absolute Gasteiger partial charge is 0.329 e. The predicted molar refractivity (Wildman–Crippen MR) is 79.4 cm³/mol. The average Bonchev–Trinajstić information content (AvgIpc) is 2.33. The highest BCUT2D eigenvalue weighted by Gasteiger charge is 2.33. The number of nitrogens with zero attached hydrogens (tertiary/aromatic N) is 1. The maximum absolute atomic E-state index is 12.1. The van der Waals surface area contributed by atoms with Gasteiger partial charge >= 0.3 is 0 Å². The Labute approximate surface area is 121 Å². The van der Waals surface area contributed by atoms with Gasteiger partial charge in [0.05, 0.1) is 5.41 Å². The molecule has 1 aromatic heterocycles. The number of nitrogens with one attached hydrogen (secondary N) is 1. The number of hydrogen-bond donors (Lipinski definition) is 2. The van der Waals surface area contributed by atoms with Crippen molar-refractivity contribution in [2.24, 2.45) is 11.1 Å². The third-order valence-electron chi connectivity index (χ3n) is 3.16. The first-order chi connectivity index (χ1) is 7.68. The van der Waals surface area contributed by atoms with Crippen LogP contribution >= 0.6 is 24.8 Å². The first kappa shape index (κ1) is 19.5. The zero-order valence-electron chi connectivity index (χ0n) is 10.7. The van der Waals surface area contributed by atoms with Crippen LogP contribution in [-0.2, 0) is 4.79 Å². The van der Waals surface area contributed by atoms with Crippen LogP contribution in [0.15, 0.2) is 24.5 Å². The van der Waals surface area contributed by atoms with Crippen LogP contribution in [0, 0.1) is 5.41 Å². The number of nitrogens with two attached hydrogens (primary N) is 1. The molecule has 1 amide bonds. The van der Waals surface area contributed by atoms with Crippen molar-refractivity contribution in [1.82, 2.24) is 4.98 Å². The van der Waals surface area contributed by atoms with E-state index < -0.39 is 5.41 Å². The van der Waals surface area contributed by atoms with Crippen molar-refractivity contribution < 1.29 is 4.79 Å². The Hall–Kier alpha value is -0.840. The molecule has 0 saturated carbocycles. The monoisotopic (exact) mass is 293 g/mol. The number of halogens is 2. The van der Waals surface area contributed by atoms with Crippen molar-refractivity contribution >= 4 is 36.4 Å². The van der Waals surface area contributed by atoms with E-state index in [1.165, 1.54) is 0 Å². The fourth-order valence-electron chi connectivity index (χ4n) is 1.65. The van der Waals surface area contributed by atoms with Gasteiger partial charge in [-0.3, -0.25) is 9.78 Å². The van der Waals surface area contributed by atoms with Crippen molar-refractivity contribution in [1.29, 1.82) is 0 Å². The lowest BCUT2D eigenvalue weighted by Gasteiger charge is -2.28. The van der Waals surface area contributed by atoms with Gasteiger partial charge in [0.2, 0.25) is 5.91 Å². The van der Waals surface area contributed by atoms with Crippen molar-refractivity contribution in [3.63, 3.8) is 0 Å². The summed E-state index contributed by atoms with van der Waals surface area (Å²) >= 11 is 0. The van der Waals surface area contributed by atoms with Gasteiger partial charge in [0.1, 0.15) is 0 Å². The molecular formula is C12H21Cl2N3O. The minimum absolute atomic E-state index is 0. The summed E-state index contributed by atoms with van der Waals surface area (Å²) in [7, 11) is 0. The van der Waals surface area contributed by atoms with E-state index in [1.54, 1.807) is 24.5 Å². The Kier molecular flexibility index (Phi) is 9.90. The second-order valence-electron chi connectivity index (χ2n) is 3.88. The van der Waals surface area contributed by atoms with E-state index >= 15 is 0 Å². The average molecular weight is 294 g/mol. The number of carbonyl (C=O) groups excluding carboxylic acids is 1. The molecule has 0 saturated heterocycles. The third-order valence-corrected chi connectivity index (χ3v) is 3.16. The molecular weight excluding hydrogens is 273 g/mol. The van der Waals surface area contributed by atoms with E-state index in [0.717, 1.165) is 18.5 Å². The summed E-state index contributed by atoms with van der Waals surface area (Å²) < 4.78 is 0. The van der Waals surface area contributed by atoms with Crippen molar-refractivity contribution in [3.8, 4) is 0 Å². The number of rotatable bonds is 5. The highest BCUT2D eigenvalue weighted by Crippen LogP contribution is 2.26. The molecule has 18 heavy (non-hydrogen) atoms. The molecule has 0 aliphatic carbocycles. The lowest BCUT2D eigenvalue weighted by molar-refractivity contribution is -0.125. The molecule has 0 aliphatic rings. The number of carbonyl (C=O) groups is 1. The minimum Gasteiger partial charge on any atom is -0.329 e. The van der Waals surface area contributed by atoms with Gasteiger partial charge in [-0.15, -0.1) is 24.8 Å². The molecule has 3 N–H and O–H groups in total. The van der Waals surface area contributed by atoms with Gasteiger partial charge in [-0.2, -0.15) is 0 Å². The predicted octanol–water partition coefficient (Wildman–Crippen LogP) is 2.63. The summed E-state index contributed by atoms with van der Waals surface area (Å²) in [5, 5.41) is 2.88. The number of hydrogen-bond acceptors (Lipinski definition) is 3. The molecule has 104 valence electrons. The second kappa shape index (κ2) is 9.14. The van der Waals surface area contributed by atoms with E-state index in [2.05, 4.69) is 10.3 Å². The van der Waals surface area contributed by atoms with Crippen LogP contribution in [0.1, 0.15) is 26.7 Å². The molecule has 1 heterocycles. The van der Waals surface area contributed by atoms with Crippen LogP contribution in [0.25, 0.3) is 0 Å². The lowest BCUT2D eigenvalue weighted by Crippen LogP contribution is -2.41. The van der Waals surface area contributed by atoms with Gasteiger partial charge < -0.3 is 11.1 Å². The lowest BCUT2D eigenvalue weighted by atomic mass is 9.81. The van der Waals surface area contributed by atoms with Crippen LogP contribution in [-0.4, -0.2) is 17.4 Å². The van der Waals surface area contributed by atoms with Crippen molar-refractivity contribution in [2.45, 2.75) is 26.7 Å². The first-order valence-electron chi connectivity index (χ1n) is 5.60. The van der Waals surface area contributed by atoms with Crippen LogP contribution in [0.5, 0.6) is 0 Å². The maximum atomic E-state index is 12.1. The minimum atomic E-state index is -0.455. The summed E-state index contributed by atoms with van der Waals surface area (Å²) in [4.78, 5) is 16.0. The summed E-state index contributed by atoms with van der Waals surface area (Å²) in [6.07, 6.45) is 4.79. The number of anilines is 1. The molecule has 0 aliphatic heterocycles. The van der Waals surface area contributed by atoms with Crippen molar-refractivity contribution in [2.75, 3.05) is 11.9 Å². The first-order valence-corrected chi connectivity index (χ1v) is 5.60. The molecule has 0 unspecified atom stereocenters. The van der Waals surface area contributed by atoms with Crippen molar-refractivity contribution in [3.05, 3.63) is 24.5 Å². The maximum Gasteiger partial charge on any atom is 0.231 e. The van der Waals surface area contributed by atoms with Crippen LogP contribution < -0.4 is 11.1 Å². The summed E-state index contributed by atoms with van der Waals surface area (Å²) in [6.45, 7) is 4.35. The van der Waals surface area contributed by atoms with Gasteiger partial charge in [-0.05, 0) is 25.0 Å². The fourth-order valence-corrected chi connectivity index (χ4v) is 1.65. The Morgan fingerprint density at radius 1 is 1.28 bits per heavy atom. The molecule has 0 radical (unpaired) electrons. The molecule has 0 fully saturated rings. The highest BCUT2D eigenvalue weighted by atomic mass is 35.5. The quantitative estimate of drug-likeness (QED) is 0.877. The number of amides is 1. The molecule has 0 aromatic carbocycles. The third kappa shape index (κ3) is 4.44. The van der Waals surface area contributed by atoms with Gasteiger partial charge in [0, 0.05) is 24.6 Å². The molecule has 4 nitrogen and oxygen atoms in total. The van der Waals surface area contributed by atoms with E-state index in [1.807, 2.05) is 13.8 Å². The Morgan fingerprint density at radius 3 is 2.17 bits per heavy atom. The van der Waals surface area contributed by atoms with Gasteiger partial charge in [0.25, 0.3) is 0 Å². The van der Waals surface area contributed by atoms with Crippen LogP contribution in [0.3, 0.4) is 0 Å². The van der Waals surface area contributed by atoms with Crippen LogP contribution in [0.4, 0.5) is 5.69 Å². The topological polar surface area (TPSA) is 68.0 Å². The zero-order valence-corrected chi connectivity index (χ0v) is 12.3. The summed E-state index contributed by atoms with van der Waals surface area (Å²) in [6, 6.07) is 3.54. The molecule has 1 rings (SSSR count). The molecule has 0 atom stereocenters. The van der Waals surface area contributed by atoms with E-state index in [9.17, 15) is 4.79 Å². The Balaban J connectivity index is 0. The number of aromatic nitrogens is 1. The van der Waals surface area contributed by atoms with Gasteiger partial charge in [-0.25, -0.2) is 0 Å². The van der Waals surface area contributed by atoms with E-state index in [-0.39, 0.29) is 30.7 Å². The molecule has 0 bridgehead atoms. The van der Waals surface area contributed by atoms with E-state index in [0.29, 0.717) is 6.54 Å². The standard InChI is InChI=1S/C12H19N3O.2ClH/c1-3-12(4-2,9-13)11(16)15-10-5-7-14-8-6-10;;/h5-8H,3-4,9,13H2,1-2H3,(H,14,15,16);2*1H. The van der Waals surface area contributed by atoms with Crippen LogP contribution in [0.2, 0.25) is 0 Å². The smallest absolute Gasteiger partial charge is 0.231 e. The molecule has 0 spiro atoms. The number of pyridine rings is 1. The van der Waals surface area contributed by atoms with Gasteiger partial charge in [-0.1, -0.05) is 13.8 Å². The van der Waals surface area contributed by atoms with E-state index in [4.69, 9.17) is 5.73 Å². The Morgan fingerprint density at radius 2 is 1.78 bits per heavy atom. The molecule has 1 aromatic rings. The SMILES string of the molecule is CCC(CC)(CN)C(=O)Nc1ccncc1.Cl.Cl. The molecule has 6 heteroatoms.